The van der Waals surface area contributed by atoms with Gasteiger partial charge >= 0.3 is 6.18 Å². The van der Waals surface area contributed by atoms with Gasteiger partial charge in [-0.15, -0.1) is 10.2 Å². The Labute approximate surface area is 192 Å². The van der Waals surface area contributed by atoms with Crippen molar-refractivity contribution in [2.24, 2.45) is 0 Å². The van der Waals surface area contributed by atoms with Crippen molar-refractivity contribution < 1.29 is 22.7 Å². The maximum Gasteiger partial charge on any atom is 0.418 e. The zero-order valence-corrected chi connectivity index (χ0v) is 18.8. The summed E-state index contributed by atoms with van der Waals surface area (Å²) in [5.41, 5.74) is -0.495. The van der Waals surface area contributed by atoms with Crippen LogP contribution in [0.15, 0.2) is 53.7 Å². The fraction of sp³-hybridized carbons (Fsp3) is 0.286. The number of hydrogen-bond acceptors (Lipinski definition) is 5. The van der Waals surface area contributed by atoms with Crippen molar-refractivity contribution in [3.05, 3.63) is 59.1 Å². The number of ether oxygens (including phenoxy) is 1. The maximum atomic E-state index is 13.7. The summed E-state index contributed by atoms with van der Waals surface area (Å²) < 4.78 is 47.5. The van der Waals surface area contributed by atoms with E-state index in [-0.39, 0.29) is 34.4 Å². The van der Waals surface area contributed by atoms with Crippen molar-refractivity contribution >= 4 is 29.3 Å². The molecule has 1 heterocycles. The summed E-state index contributed by atoms with van der Waals surface area (Å²) in [4.78, 5) is 12.3. The van der Waals surface area contributed by atoms with Gasteiger partial charge in [-0.2, -0.15) is 13.2 Å². The first-order valence-electron chi connectivity index (χ1n) is 9.49. The normalized spacial score (nSPS) is 12.6. The maximum absolute atomic E-state index is 13.7. The van der Waals surface area contributed by atoms with Crippen molar-refractivity contribution in [2.75, 3.05) is 19.5 Å². The van der Waals surface area contributed by atoms with Crippen LogP contribution in [0.25, 0.3) is 17.1 Å². The second kappa shape index (κ2) is 10.4. The molecule has 0 saturated carbocycles. The minimum Gasteiger partial charge on any atom is -0.383 e. The van der Waals surface area contributed by atoms with Gasteiger partial charge in [0.1, 0.15) is 0 Å². The van der Waals surface area contributed by atoms with Crippen LogP contribution in [0.3, 0.4) is 0 Å². The van der Waals surface area contributed by atoms with Crippen LogP contribution in [0.2, 0.25) is 5.02 Å². The minimum absolute atomic E-state index is 0.0596. The molecule has 1 unspecified atom stereocenters. The van der Waals surface area contributed by atoms with E-state index >= 15 is 0 Å². The molecule has 1 atom stereocenters. The van der Waals surface area contributed by atoms with E-state index in [2.05, 4.69) is 15.5 Å². The third-order valence-corrected chi connectivity index (χ3v) is 5.49. The van der Waals surface area contributed by atoms with Crippen LogP contribution in [0.1, 0.15) is 12.5 Å². The van der Waals surface area contributed by atoms with Crippen LogP contribution >= 0.6 is 23.4 Å². The molecule has 0 fully saturated rings. The first-order valence-corrected chi connectivity index (χ1v) is 10.9. The summed E-state index contributed by atoms with van der Waals surface area (Å²) in [5.74, 6) is -0.182. The zero-order valence-electron chi connectivity index (χ0n) is 17.2. The molecule has 0 saturated heterocycles. The summed E-state index contributed by atoms with van der Waals surface area (Å²) >= 11 is 7.06. The van der Waals surface area contributed by atoms with Crippen LogP contribution in [0.4, 0.5) is 13.2 Å². The van der Waals surface area contributed by atoms with Crippen LogP contribution in [0.5, 0.6) is 0 Å². The van der Waals surface area contributed by atoms with E-state index in [1.54, 1.807) is 31.2 Å². The number of carbonyl (C=O) groups excluding carboxylic acids is 1. The Morgan fingerprint density at radius 2 is 1.97 bits per heavy atom. The molecule has 0 aliphatic heterocycles. The molecule has 0 aliphatic carbocycles. The molecule has 1 N–H and O–H groups in total. The van der Waals surface area contributed by atoms with E-state index in [9.17, 15) is 18.0 Å². The monoisotopic (exact) mass is 484 g/mol. The highest BCUT2D eigenvalue weighted by molar-refractivity contribution is 7.99. The summed E-state index contributed by atoms with van der Waals surface area (Å²) in [6, 6.07) is 11.5. The molecule has 3 rings (SSSR count). The molecule has 170 valence electrons. The largest absolute Gasteiger partial charge is 0.418 e. The minimum atomic E-state index is -4.60. The number of alkyl halides is 3. The van der Waals surface area contributed by atoms with Gasteiger partial charge in [0.05, 0.1) is 23.6 Å². The third-order valence-electron chi connectivity index (χ3n) is 4.32. The van der Waals surface area contributed by atoms with Crippen molar-refractivity contribution in [1.29, 1.82) is 0 Å². The Morgan fingerprint density at radius 1 is 1.22 bits per heavy atom. The van der Waals surface area contributed by atoms with Gasteiger partial charge in [-0.1, -0.05) is 47.6 Å². The Kier molecular flexibility index (Phi) is 7.81. The number of thioether (sulfide) groups is 1. The molecule has 0 bridgehead atoms. The van der Waals surface area contributed by atoms with Crippen LogP contribution in [0, 0.1) is 0 Å². The number of aromatic nitrogens is 3. The summed E-state index contributed by atoms with van der Waals surface area (Å²) in [6.45, 7) is 2.12. The van der Waals surface area contributed by atoms with Crippen molar-refractivity contribution in [3.63, 3.8) is 0 Å². The topological polar surface area (TPSA) is 69.0 Å². The van der Waals surface area contributed by atoms with E-state index in [1.807, 2.05) is 0 Å². The zero-order chi connectivity index (χ0) is 23.3. The summed E-state index contributed by atoms with van der Waals surface area (Å²) in [5, 5.41) is 11.5. The van der Waals surface area contributed by atoms with Crippen molar-refractivity contribution in [3.8, 4) is 17.1 Å². The number of para-hydroxylation sites is 1. The van der Waals surface area contributed by atoms with Crippen LogP contribution in [-0.4, -0.2) is 46.2 Å². The van der Waals surface area contributed by atoms with E-state index in [0.717, 1.165) is 17.8 Å². The fourth-order valence-corrected chi connectivity index (χ4v) is 3.99. The molecule has 11 heteroatoms. The summed E-state index contributed by atoms with van der Waals surface area (Å²) in [7, 11) is 1.52. The standard InChI is InChI=1S/C21H20ClF3N4O2S/c1-13(11-31-2)26-18(30)12-32-20-28-27-19(14-6-5-7-15(22)10-14)29(20)17-9-4-3-8-16(17)21(23,24)25/h3-10,13H,11-12H2,1-2H3,(H,26,30). The molecule has 3 aromatic rings. The molecule has 0 spiro atoms. The van der Waals surface area contributed by atoms with E-state index in [1.165, 1.54) is 29.9 Å². The Hall–Kier alpha value is -2.56. The molecule has 1 amide bonds. The predicted octanol–water partition coefficient (Wildman–Crippen LogP) is 4.85. The van der Waals surface area contributed by atoms with Gasteiger partial charge in [0.15, 0.2) is 11.0 Å². The second-order valence-corrected chi connectivity index (χ2v) is 8.26. The van der Waals surface area contributed by atoms with E-state index in [0.29, 0.717) is 17.2 Å². The van der Waals surface area contributed by atoms with Crippen molar-refractivity contribution in [1.82, 2.24) is 20.1 Å². The van der Waals surface area contributed by atoms with E-state index < -0.39 is 11.7 Å². The molecular weight excluding hydrogens is 465 g/mol. The number of nitrogens with one attached hydrogen (secondary N) is 1. The first-order chi connectivity index (χ1) is 15.2. The smallest absolute Gasteiger partial charge is 0.383 e. The number of carbonyl (C=O) groups is 1. The van der Waals surface area contributed by atoms with Crippen LogP contribution in [-0.2, 0) is 15.7 Å². The van der Waals surface area contributed by atoms with Crippen molar-refractivity contribution in [2.45, 2.75) is 24.3 Å². The number of amides is 1. The Morgan fingerprint density at radius 3 is 2.66 bits per heavy atom. The van der Waals surface area contributed by atoms with Gasteiger partial charge < -0.3 is 10.1 Å². The quantitative estimate of drug-likeness (QED) is 0.463. The third kappa shape index (κ3) is 5.81. The van der Waals surface area contributed by atoms with Gasteiger partial charge in [0.25, 0.3) is 0 Å². The average Bonchev–Trinajstić information content (AvgIpc) is 3.15. The average molecular weight is 485 g/mol. The highest BCUT2D eigenvalue weighted by Crippen LogP contribution is 2.37. The lowest BCUT2D eigenvalue weighted by Crippen LogP contribution is -2.36. The molecule has 0 radical (unpaired) electrons. The van der Waals surface area contributed by atoms with E-state index in [4.69, 9.17) is 16.3 Å². The number of rotatable bonds is 8. The Balaban J connectivity index is 2.02. The van der Waals surface area contributed by atoms with Crippen LogP contribution < -0.4 is 5.32 Å². The molecule has 6 nitrogen and oxygen atoms in total. The lowest BCUT2D eigenvalue weighted by atomic mass is 10.1. The number of methoxy groups -OCH3 is 1. The molecule has 1 aromatic heterocycles. The summed E-state index contributed by atoms with van der Waals surface area (Å²) in [6.07, 6.45) is -4.60. The molecule has 2 aromatic carbocycles. The number of benzene rings is 2. The lowest BCUT2D eigenvalue weighted by Gasteiger charge is -2.17. The Bertz CT molecular complexity index is 1090. The van der Waals surface area contributed by atoms with Gasteiger partial charge in [-0.25, -0.2) is 0 Å². The number of hydrogen-bond donors (Lipinski definition) is 1. The van der Waals surface area contributed by atoms with Gasteiger partial charge in [0.2, 0.25) is 5.91 Å². The highest BCUT2D eigenvalue weighted by atomic mass is 35.5. The number of halogens is 4. The second-order valence-electron chi connectivity index (χ2n) is 6.88. The lowest BCUT2D eigenvalue weighted by molar-refractivity contribution is -0.137. The number of nitrogens with zero attached hydrogens (tertiary/aromatic N) is 3. The SMILES string of the molecule is COCC(C)NC(=O)CSc1nnc(-c2cccc(Cl)c2)n1-c1ccccc1C(F)(F)F. The van der Waals surface area contributed by atoms with Gasteiger partial charge in [0, 0.05) is 23.7 Å². The van der Waals surface area contributed by atoms with Gasteiger partial charge in [-0.3, -0.25) is 9.36 Å². The molecule has 32 heavy (non-hydrogen) atoms. The highest BCUT2D eigenvalue weighted by Gasteiger charge is 2.35. The first kappa shape index (κ1) is 24.1. The fourth-order valence-electron chi connectivity index (χ4n) is 3.04. The molecular formula is C21H20ClF3N4O2S. The molecule has 0 aliphatic rings. The predicted molar refractivity (Wildman–Crippen MR) is 117 cm³/mol. The van der Waals surface area contributed by atoms with Gasteiger partial charge in [-0.05, 0) is 31.2 Å².